The average Bonchev–Trinajstić information content (AvgIpc) is 3.31. The Balaban J connectivity index is -0.000000160. The van der Waals surface area contributed by atoms with Crippen molar-refractivity contribution in [3.05, 3.63) is 154 Å². The topological polar surface area (TPSA) is 487 Å². The van der Waals surface area contributed by atoms with Gasteiger partial charge in [0.15, 0.2) is 0 Å². The molecule has 0 saturated carbocycles. The molecule has 0 amide bonds. The second-order valence-electron chi connectivity index (χ2n) is 16.7. The van der Waals surface area contributed by atoms with Crippen LogP contribution in [0.15, 0.2) is 48.5 Å². The van der Waals surface area contributed by atoms with Crippen molar-refractivity contribution in [3.8, 4) is 46.0 Å². The molecule has 4 aromatic carbocycles. The summed E-state index contributed by atoms with van der Waals surface area (Å²) in [7, 11) is 14.0. The fourth-order valence-corrected chi connectivity index (χ4v) is 6.49. The van der Waals surface area contributed by atoms with Gasteiger partial charge in [-0.05, 0) is 139 Å². The van der Waals surface area contributed by atoms with Crippen LogP contribution in [0.2, 0.25) is 0 Å². The first-order valence-electron chi connectivity index (χ1n) is 22.6. The van der Waals surface area contributed by atoms with Crippen LogP contribution in [0.5, 0.6) is 46.0 Å². The largest absolute Gasteiger partial charge is 3.00 e. The average molecular weight is 1600 g/mol. The summed E-state index contributed by atoms with van der Waals surface area (Å²) in [5.41, 5.74) is 6.95. The first-order valence-corrected chi connectivity index (χ1v) is 22.6. The maximum absolute atomic E-state index is 12.4. The van der Waals surface area contributed by atoms with Crippen molar-refractivity contribution in [1.29, 1.82) is 0 Å². The molecule has 0 fully saturated rings. The Morgan fingerprint density at radius 3 is 0.607 bits per heavy atom. The van der Waals surface area contributed by atoms with Gasteiger partial charge in [-0.1, -0.05) is 47.3 Å². The molecule has 0 heterocycles. The molecule has 0 aliphatic rings. The molecular formula is C48H66Er2N8O24Zn2. The van der Waals surface area contributed by atoms with Gasteiger partial charge in [0.05, 0.1) is 48.8 Å². The van der Waals surface area contributed by atoms with Crippen LogP contribution in [0, 0.1) is 164 Å². The normalized spacial score (nSPS) is 9.26. The SMILES string of the molecule is CC(=O)[O-].CC(=O)[O-].COc1cc(C)cc(CN(C)CCN(C)Cc2cc(C)cc(OC)c2[O-])c1[O-].COc1cc(C)cc(CN(C)CCN(C)Cc2cc(C)cc(OC)c2[O-])c1[O-].O=[N+]([O-])[O-].O=[N+]([O-])[O-].O=[N+]([O-])[O-].O=[N+]([O-])[O-].[Er+3].[Er+3].[Zn+2].[Zn+2]. The third kappa shape index (κ3) is 51.1. The van der Waals surface area contributed by atoms with Gasteiger partial charge in [0.2, 0.25) is 0 Å². The molecule has 32 nitrogen and oxygen atoms in total. The molecule has 4 rings (SSSR count). The van der Waals surface area contributed by atoms with E-state index < -0.39 is 32.3 Å². The molecule has 0 saturated heterocycles. The monoisotopic (exact) mass is 1600 g/mol. The molecule has 0 unspecified atom stereocenters. The van der Waals surface area contributed by atoms with Crippen LogP contribution in [0.4, 0.5) is 0 Å². The standard InChI is InChI=1S/2C22H32N2O4.2C2H4O2.2Er.4NO3.2Zn/c2*1-15-9-17(21(25)19(11-15)27-5)13-23(3)7-8-24(4)14-18-10-16(2)12-20(28-6)22(18)26;2*1-2(3)4;;;4*2-1(3)4;;/h2*9-12,25-26H,7-8,13-14H2,1-6H3;2*1H3,(H,3,4);;;;;;;;/q;;;;2*+3;4*-1;2*+2/p-6. The smallest absolute Gasteiger partial charge is 0.870 e. The number of likely N-dealkylation sites (N-methyl/N-ethyl adjacent to an activating group) is 4. The maximum atomic E-state index is 12.4. The number of carbonyl (C=O) groups excluding carboxylic acids is 2. The predicted octanol–water partition coefficient (Wildman–Crippen LogP) is 0.614. The molecule has 470 valence electrons. The Kier molecular flexibility index (Phi) is 60.0. The van der Waals surface area contributed by atoms with Gasteiger partial charge in [-0.2, -0.15) is 0 Å². The van der Waals surface area contributed by atoms with Crippen molar-refractivity contribution in [2.75, 3.05) is 82.8 Å². The van der Waals surface area contributed by atoms with E-state index in [1.165, 1.54) is 28.4 Å². The summed E-state index contributed by atoms with van der Waals surface area (Å²) in [6.45, 7) is 15.0. The van der Waals surface area contributed by atoms with Gasteiger partial charge in [-0.3, -0.25) is 0 Å². The van der Waals surface area contributed by atoms with Crippen LogP contribution < -0.4 is 49.6 Å². The summed E-state index contributed by atoms with van der Waals surface area (Å²) >= 11 is 0. The summed E-state index contributed by atoms with van der Waals surface area (Å²) in [6.07, 6.45) is 0. The van der Waals surface area contributed by atoms with Gasteiger partial charge in [0.25, 0.3) is 0 Å². The minimum Gasteiger partial charge on any atom is -0.870 e. The van der Waals surface area contributed by atoms with Crippen molar-refractivity contribution in [2.45, 2.75) is 67.7 Å². The number of benzene rings is 4. The van der Waals surface area contributed by atoms with E-state index >= 15 is 0 Å². The van der Waals surface area contributed by atoms with Crippen molar-refractivity contribution >= 4 is 11.9 Å². The van der Waals surface area contributed by atoms with E-state index in [4.69, 9.17) is 100 Å². The van der Waals surface area contributed by atoms with Gasteiger partial charge in [-0.15, -0.1) is 0 Å². The number of hydrogen-bond donors (Lipinski definition) is 0. The molecule has 0 aliphatic heterocycles. The number of nitrogens with zero attached hydrogens (tertiary/aromatic N) is 8. The molecule has 0 bridgehead atoms. The van der Waals surface area contributed by atoms with Crippen molar-refractivity contribution in [2.24, 2.45) is 0 Å². The molecule has 0 aliphatic carbocycles. The Labute approximate surface area is 570 Å². The van der Waals surface area contributed by atoms with Crippen molar-refractivity contribution in [3.63, 3.8) is 0 Å². The summed E-state index contributed by atoms with van der Waals surface area (Å²) in [5.74, 6) is -0.859. The van der Waals surface area contributed by atoms with E-state index in [1.807, 2.05) is 80.2 Å². The molecule has 0 aromatic heterocycles. The van der Waals surface area contributed by atoms with E-state index in [0.29, 0.717) is 49.2 Å². The van der Waals surface area contributed by atoms with Gasteiger partial charge in [0.1, 0.15) is 23.0 Å². The molecule has 0 N–H and O–H groups in total. The summed E-state index contributed by atoms with van der Waals surface area (Å²) in [6, 6.07) is 14.7. The summed E-state index contributed by atoms with van der Waals surface area (Å²) in [5, 5.41) is 126. The van der Waals surface area contributed by atoms with E-state index in [1.54, 1.807) is 24.3 Å². The first-order chi connectivity index (χ1) is 36.9. The molecule has 36 heteroatoms. The Bertz CT molecular complexity index is 2180. The van der Waals surface area contributed by atoms with E-state index in [0.717, 1.165) is 84.5 Å². The maximum Gasteiger partial charge on any atom is 3.00 e. The molecule has 2 radical (unpaired) electrons. The fraction of sp³-hybridized carbons (Fsp3) is 0.458. The first kappa shape index (κ1) is 95.0. The molecular weight excluding hydrogens is 1540 g/mol. The minimum absolute atomic E-state index is 0. The predicted molar refractivity (Wildman–Crippen MR) is 277 cm³/mol. The minimum atomic E-state index is -1.75. The van der Waals surface area contributed by atoms with Crippen LogP contribution in [-0.4, -0.2) is 135 Å². The fourth-order valence-electron chi connectivity index (χ4n) is 6.49. The molecule has 0 spiro atoms. The van der Waals surface area contributed by atoms with E-state index in [-0.39, 0.29) is 137 Å². The van der Waals surface area contributed by atoms with Crippen LogP contribution in [0.3, 0.4) is 0 Å². The van der Waals surface area contributed by atoms with Gasteiger partial charge >= 0.3 is 114 Å². The Morgan fingerprint density at radius 2 is 0.500 bits per heavy atom. The van der Waals surface area contributed by atoms with Gasteiger partial charge in [-0.25, -0.2) is 0 Å². The number of aliphatic carboxylic acids is 2. The number of rotatable bonds is 18. The van der Waals surface area contributed by atoms with Crippen LogP contribution in [0.25, 0.3) is 0 Å². The number of aryl methyl sites for hydroxylation is 4. The summed E-state index contributed by atoms with van der Waals surface area (Å²) < 4.78 is 20.7. The number of methoxy groups -OCH3 is 4. The number of carbonyl (C=O) groups is 2. The van der Waals surface area contributed by atoms with E-state index in [2.05, 4.69) is 19.6 Å². The van der Waals surface area contributed by atoms with Gasteiger partial charge < -0.3 is 140 Å². The number of carboxylic acid groups (broad SMARTS) is 2. The van der Waals surface area contributed by atoms with Crippen molar-refractivity contribution in [1.82, 2.24) is 19.6 Å². The zero-order valence-corrected chi connectivity index (χ0v) is 58.3. The number of ether oxygens (including phenoxy) is 4. The Hall–Kier alpha value is -5.40. The zero-order chi connectivity index (χ0) is 63.2. The van der Waals surface area contributed by atoms with Crippen molar-refractivity contribution < 1.29 is 193 Å². The Morgan fingerprint density at radius 1 is 0.381 bits per heavy atom. The van der Waals surface area contributed by atoms with Crippen LogP contribution >= 0.6 is 0 Å². The third-order valence-corrected chi connectivity index (χ3v) is 9.47. The molecule has 0 atom stereocenters. The molecule has 84 heavy (non-hydrogen) atoms. The quantitative estimate of drug-likeness (QED) is 0.0748. The third-order valence-electron chi connectivity index (χ3n) is 9.47. The molecule has 4 aromatic rings. The van der Waals surface area contributed by atoms with E-state index in [9.17, 15) is 20.4 Å². The van der Waals surface area contributed by atoms with Crippen LogP contribution in [0.1, 0.15) is 58.4 Å². The zero-order valence-electron chi connectivity index (χ0n) is 48.6. The second kappa shape index (κ2) is 53.1. The van der Waals surface area contributed by atoms with Crippen LogP contribution in [-0.2, 0) is 74.7 Å². The number of hydrogen-bond acceptors (Lipinski definition) is 28. The van der Waals surface area contributed by atoms with Gasteiger partial charge in [0, 0.05) is 64.3 Å². The second-order valence-corrected chi connectivity index (χ2v) is 16.7. The summed E-state index contributed by atoms with van der Waals surface area (Å²) in [4.78, 5) is 59.2. The number of carboxylic acids is 2.